The average molecular weight is 386 g/mol. The Morgan fingerprint density at radius 1 is 1.24 bits per heavy atom. The van der Waals surface area contributed by atoms with Crippen molar-refractivity contribution in [2.45, 2.75) is 55.8 Å². The van der Waals surface area contributed by atoms with Crippen LogP contribution in [-0.2, 0) is 19.1 Å². The zero-order chi connectivity index (χ0) is 18.3. The number of hydrogen-bond acceptors (Lipinski definition) is 8. The molecule has 0 bridgehead atoms. The maximum Gasteiger partial charge on any atom is 0.316 e. The zero-order valence-electron chi connectivity index (χ0n) is 14.3. The topological polar surface area (TPSA) is 110 Å². The third kappa shape index (κ3) is 5.67. The van der Waals surface area contributed by atoms with Crippen molar-refractivity contribution < 1.29 is 19.1 Å². The van der Waals surface area contributed by atoms with Crippen LogP contribution in [0.15, 0.2) is 4.34 Å². The number of nitrogens with one attached hydrogen (secondary N) is 2. The summed E-state index contributed by atoms with van der Waals surface area (Å²) in [6.07, 6.45) is 4.07. The van der Waals surface area contributed by atoms with Crippen LogP contribution in [0.5, 0.6) is 0 Å². The van der Waals surface area contributed by atoms with Gasteiger partial charge in [-0.05, 0) is 19.8 Å². The van der Waals surface area contributed by atoms with Gasteiger partial charge in [0.2, 0.25) is 11.0 Å². The lowest BCUT2D eigenvalue weighted by molar-refractivity contribution is -0.139. The quantitative estimate of drug-likeness (QED) is 0.419. The second-order valence-corrected chi connectivity index (χ2v) is 7.94. The molecule has 138 valence electrons. The Kier molecular flexibility index (Phi) is 7.18. The molecule has 1 aromatic rings. The molecule has 1 aliphatic rings. The molecule has 0 atom stereocenters. The highest BCUT2D eigenvalue weighted by Crippen LogP contribution is 2.31. The SMILES string of the molecule is CCOC(=O)CSc1nnc(NC(=O)C2(NC(C)=O)CCCCC2)s1. The van der Waals surface area contributed by atoms with E-state index in [1.807, 2.05) is 0 Å². The van der Waals surface area contributed by atoms with E-state index in [4.69, 9.17) is 4.74 Å². The van der Waals surface area contributed by atoms with Crippen molar-refractivity contribution in [2.75, 3.05) is 17.7 Å². The Balaban J connectivity index is 1.97. The second kappa shape index (κ2) is 9.14. The van der Waals surface area contributed by atoms with Crippen LogP contribution < -0.4 is 10.6 Å². The summed E-state index contributed by atoms with van der Waals surface area (Å²) >= 11 is 2.40. The molecule has 0 radical (unpaired) electrons. The molecule has 0 spiro atoms. The average Bonchev–Trinajstić information content (AvgIpc) is 3.01. The van der Waals surface area contributed by atoms with E-state index in [1.165, 1.54) is 30.0 Å². The molecule has 1 fully saturated rings. The van der Waals surface area contributed by atoms with Crippen LogP contribution in [0.2, 0.25) is 0 Å². The molecule has 1 aliphatic carbocycles. The van der Waals surface area contributed by atoms with Gasteiger partial charge in [0, 0.05) is 6.92 Å². The molecule has 8 nitrogen and oxygen atoms in total. The number of hydrogen-bond donors (Lipinski definition) is 2. The summed E-state index contributed by atoms with van der Waals surface area (Å²) in [4.78, 5) is 35.6. The first kappa shape index (κ1) is 19.6. The Morgan fingerprint density at radius 3 is 2.60 bits per heavy atom. The second-order valence-electron chi connectivity index (χ2n) is 5.74. The lowest BCUT2D eigenvalue weighted by Crippen LogP contribution is -2.57. The third-order valence-electron chi connectivity index (χ3n) is 3.80. The molecule has 1 aromatic heterocycles. The van der Waals surface area contributed by atoms with Crippen LogP contribution in [0.1, 0.15) is 46.0 Å². The maximum atomic E-state index is 12.7. The minimum Gasteiger partial charge on any atom is -0.465 e. The normalized spacial score (nSPS) is 16.1. The molecular weight excluding hydrogens is 364 g/mol. The van der Waals surface area contributed by atoms with E-state index in [-0.39, 0.29) is 23.5 Å². The Hall–Kier alpha value is -1.68. The van der Waals surface area contributed by atoms with E-state index in [9.17, 15) is 14.4 Å². The minimum atomic E-state index is -0.881. The highest BCUT2D eigenvalue weighted by Gasteiger charge is 2.40. The number of ether oxygens (including phenoxy) is 1. The smallest absolute Gasteiger partial charge is 0.316 e. The van der Waals surface area contributed by atoms with E-state index in [2.05, 4.69) is 20.8 Å². The Morgan fingerprint density at radius 2 is 1.96 bits per heavy atom. The van der Waals surface area contributed by atoms with Crippen LogP contribution in [0.3, 0.4) is 0 Å². The van der Waals surface area contributed by atoms with Crippen molar-refractivity contribution in [3.8, 4) is 0 Å². The summed E-state index contributed by atoms with van der Waals surface area (Å²) in [5, 5.41) is 13.8. The molecule has 0 saturated heterocycles. The van der Waals surface area contributed by atoms with Gasteiger partial charge in [-0.1, -0.05) is 42.4 Å². The molecule has 0 aliphatic heterocycles. The van der Waals surface area contributed by atoms with Gasteiger partial charge in [0.05, 0.1) is 12.4 Å². The molecule has 0 unspecified atom stereocenters. The Bertz CT molecular complexity index is 629. The summed E-state index contributed by atoms with van der Waals surface area (Å²) < 4.78 is 5.42. The fraction of sp³-hybridized carbons (Fsp3) is 0.667. The highest BCUT2D eigenvalue weighted by atomic mass is 32.2. The molecule has 2 amide bonds. The predicted octanol–water partition coefficient (Wildman–Crippen LogP) is 1.97. The van der Waals surface area contributed by atoms with Gasteiger partial charge in [0.1, 0.15) is 5.54 Å². The monoisotopic (exact) mass is 386 g/mol. The van der Waals surface area contributed by atoms with Gasteiger partial charge in [-0.15, -0.1) is 10.2 Å². The van der Waals surface area contributed by atoms with Gasteiger partial charge < -0.3 is 10.1 Å². The largest absolute Gasteiger partial charge is 0.465 e. The number of amides is 2. The number of thioether (sulfide) groups is 1. The van der Waals surface area contributed by atoms with Gasteiger partial charge in [-0.25, -0.2) is 0 Å². The van der Waals surface area contributed by atoms with Crippen LogP contribution in [0.4, 0.5) is 5.13 Å². The molecule has 10 heteroatoms. The first-order valence-electron chi connectivity index (χ1n) is 8.17. The van der Waals surface area contributed by atoms with E-state index < -0.39 is 5.54 Å². The third-order valence-corrected chi connectivity index (χ3v) is 5.75. The van der Waals surface area contributed by atoms with Crippen molar-refractivity contribution in [2.24, 2.45) is 0 Å². The molecule has 2 rings (SSSR count). The van der Waals surface area contributed by atoms with Gasteiger partial charge in [0.25, 0.3) is 5.91 Å². The van der Waals surface area contributed by atoms with Crippen LogP contribution in [-0.4, -0.2) is 45.9 Å². The fourth-order valence-electron chi connectivity index (χ4n) is 2.76. The molecule has 1 saturated carbocycles. The molecule has 25 heavy (non-hydrogen) atoms. The van der Waals surface area contributed by atoms with E-state index in [0.717, 1.165) is 19.3 Å². The summed E-state index contributed by atoms with van der Waals surface area (Å²) in [5.41, 5.74) is -0.881. The number of rotatable bonds is 7. The minimum absolute atomic E-state index is 0.145. The first-order valence-corrected chi connectivity index (χ1v) is 9.97. The van der Waals surface area contributed by atoms with Crippen molar-refractivity contribution in [3.05, 3.63) is 0 Å². The number of esters is 1. The lowest BCUT2D eigenvalue weighted by atomic mass is 9.81. The number of carbonyl (C=O) groups excluding carboxylic acids is 3. The number of anilines is 1. The standard InChI is InChI=1S/C15H22N4O4S2/c1-3-23-11(21)9-24-14-19-18-13(25-14)16-12(22)15(17-10(2)20)7-5-4-6-8-15/h3-9H2,1-2H3,(H,17,20)(H,16,18,22). The van der Waals surface area contributed by atoms with Crippen molar-refractivity contribution in [1.29, 1.82) is 0 Å². The molecule has 1 heterocycles. The fourth-order valence-corrected chi connectivity index (χ4v) is 4.30. The molecule has 0 aromatic carbocycles. The van der Waals surface area contributed by atoms with E-state index >= 15 is 0 Å². The highest BCUT2D eigenvalue weighted by molar-refractivity contribution is 8.01. The molecule has 2 N–H and O–H groups in total. The van der Waals surface area contributed by atoms with E-state index in [1.54, 1.807) is 6.92 Å². The summed E-state index contributed by atoms with van der Waals surface area (Å²) in [7, 11) is 0. The molecular formula is C15H22N4O4S2. The van der Waals surface area contributed by atoms with Crippen molar-refractivity contribution in [3.63, 3.8) is 0 Å². The van der Waals surface area contributed by atoms with Crippen molar-refractivity contribution in [1.82, 2.24) is 15.5 Å². The summed E-state index contributed by atoms with van der Waals surface area (Å²) in [6, 6.07) is 0. The zero-order valence-corrected chi connectivity index (χ0v) is 15.9. The lowest BCUT2D eigenvalue weighted by Gasteiger charge is -2.35. The maximum absolute atomic E-state index is 12.7. The van der Waals surface area contributed by atoms with E-state index in [0.29, 0.717) is 28.9 Å². The summed E-state index contributed by atoms with van der Waals surface area (Å²) in [6.45, 7) is 3.50. The van der Waals surface area contributed by atoms with Crippen LogP contribution >= 0.6 is 23.1 Å². The van der Waals surface area contributed by atoms with Crippen LogP contribution in [0, 0.1) is 0 Å². The number of carbonyl (C=O) groups is 3. The van der Waals surface area contributed by atoms with Gasteiger partial charge in [-0.3, -0.25) is 19.7 Å². The Labute approximate surface area is 154 Å². The first-order chi connectivity index (χ1) is 11.9. The van der Waals surface area contributed by atoms with Gasteiger partial charge in [-0.2, -0.15) is 0 Å². The van der Waals surface area contributed by atoms with Crippen LogP contribution in [0.25, 0.3) is 0 Å². The number of nitrogens with zero attached hydrogens (tertiary/aromatic N) is 2. The van der Waals surface area contributed by atoms with Gasteiger partial charge in [0.15, 0.2) is 4.34 Å². The number of aromatic nitrogens is 2. The van der Waals surface area contributed by atoms with Crippen molar-refractivity contribution >= 4 is 46.0 Å². The predicted molar refractivity (Wildman–Crippen MR) is 95.5 cm³/mol. The van der Waals surface area contributed by atoms with Gasteiger partial charge >= 0.3 is 5.97 Å². The summed E-state index contributed by atoms with van der Waals surface area (Å²) in [5.74, 6) is -0.660.